The first kappa shape index (κ1) is 18.7. The number of aliphatic imine (C=N–C) groups is 1. The molecule has 1 unspecified atom stereocenters. The zero-order valence-corrected chi connectivity index (χ0v) is 16.7. The second-order valence-electron chi connectivity index (χ2n) is 6.95. The van der Waals surface area contributed by atoms with Gasteiger partial charge in [0.1, 0.15) is 5.82 Å². The van der Waals surface area contributed by atoms with Crippen LogP contribution in [0.15, 0.2) is 40.0 Å². The highest BCUT2D eigenvalue weighted by molar-refractivity contribution is 7.07. The van der Waals surface area contributed by atoms with Crippen molar-refractivity contribution in [2.75, 3.05) is 31.6 Å². The summed E-state index contributed by atoms with van der Waals surface area (Å²) in [4.78, 5) is 11.4. The van der Waals surface area contributed by atoms with E-state index in [1.165, 1.54) is 5.56 Å². The second-order valence-corrected chi connectivity index (χ2v) is 7.73. The average molecular weight is 372 g/mol. The molecular weight excluding hydrogens is 342 g/mol. The molecule has 1 atom stereocenters. The van der Waals surface area contributed by atoms with E-state index in [4.69, 9.17) is 0 Å². The van der Waals surface area contributed by atoms with Crippen LogP contribution in [0.25, 0.3) is 0 Å². The number of piperidine rings is 1. The molecule has 0 amide bonds. The third kappa shape index (κ3) is 4.97. The van der Waals surface area contributed by atoms with Crippen molar-refractivity contribution in [1.29, 1.82) is 0 Å². The Hall–Kier alpha value is -2.08. The molecule has 2 aromatic rings. The number of nitrogens with zero attached hydrogens (tertiary/aromatic N) is 3. The van der Waals surface area contributed by atoms with Crippen LogP contribution in [-0.4, -0.2) is 43.7 Å². The number of aryl methyl sites for hydroxylation is 1. The molecule has 3 rings (SSSR count). The van der Waals surface area contributed by atoms with Crippen molar-refractivity contribution in [3.05, 3.63) is 46.3 Å². The summed E-state index contributed by atoms with van der Waals surface area (Å²) in [6, 6.07) is 8.89. The Bertz CT molecular complexity index is 705. The number of thiophene rings is 1. The van der Waals surface area contributed by atoms with Gasteiger partial charge in [0.25, 0.3) is 0 Å². The van der Waals surface area contributed by atoms with Crippen LogP contribution < -0.4 is 15.5 Å². The minimum absolute atomic E-state index is 0.457. The smallest absolute Gasteiger partial charge is 0.191 e. The Morgan fingerprint density at radius 3 is 2.81 bits per heavy atom. The van der Waals surface area contributed by atoms with Gasteiger partial charge in [-0.1, -0.05) is 13.0 Å². The number of guanidine groups is 1. The van der Waals surface area contributed by atoms with E-state index in [-0.39, 0.29) is 0 Å². The SMILES string of the molecule is CN=C(NCC(C)c1ccsc1)NC1CCN(c2cccc(C)n2)CC1. The van der Waals surface area contributed by atoms with E-state index in [2.05, 4.69) is 61.4 Å². The van der Waals surface area contributed by atoms with Gasteiger partial charge in [-0.15, -0.1) is 0 Å². The zero-order valence-electron chi connectivity index (χ0n) is 15.9. The van der Waals surface area contributed by atoms with Crippen molar-refractivity contribution in [2.45, 2.75) is 38.6 Å². The van der Waals surface area contributed by atoms with E-state index in [1.54, 1.807) is 11.3 Å². The summed E-state index contributed by atoms with van der Waals surface area (Å²) in [5.74, 6) is 2.48. The summed E-state index contributed by atoms with van der Waals surface area (Å²) >= 11 is 1.75. The predicted molar refractivity (Wildman–Crippen MR) is 111 cm³/mol. The van der Waals surface area contributed by atoms with Crippen LogP contribution in [-0.2, 0) is 0 Å². The zero-order chi connectivity index (χ0) is 18.4. The molecule has 1 saturated heterocycles. The van der Waals surface area contributed by atoms with Crippen molar-refractivity contribution in [3.8, 4) is 0 Å². The number of hydrogen-bond donors (Lipinski definition) is 2. The summed E-state index contributed by atoms with van der Waals surface area (Å²) in [6.07, 6.45) is 2.19. The molecule has 3 heterocycles. The molecule has 26 heavy (non-hydrogen) atoms. The Morgan fingerprint density at radius 1 is 1.35 bits per heavy atom. The number of anilines is 1. The standard InChI is InChI=1S/C20H29N5S/c1-15(17-9-12-26-14-17)13-22-20(21-3)24-18-7-10-25(11-8-18)19-6-4-5-16(2)23-19/h4-6,9,12,14-15,18H,7-8,10-11,13H2,1-3H3,(H2,21,22,24). The van der Waals surface area contributed by atoms with Gasteiger partial charge in [0.15, 0.2) is 5.96 Å². The first-order valence-corrected chi connectivity index (χ1v) is 10.3. The molecule has 0 saturated carbocycles. The largest absolute Gasteiger partial charge is 0.356 e. The van der Waals surface area contributed by atoms with Gasteiger partial charge in [0.2, 0.25) is 0 Å². The molecule has 0 spiro atoms. The molecule has 5 nitrogen and oxygen atoms in total. The van der Waals surface area contributed by atoms with Gasteiger partial charge in [-0.2, -0.15) is 11.3 Å². The Kier molecular flexibility index (Phi) is 6.50. The normalized spacial score (nSPS) is 17.2. The molecular formula is C20H29N5S. The lowest BCUT2D eigenvalue weighted by molar-refractivity contribution is 0.459. The molecule has 6 heteroatoms. The lowest BCUT2D eigenvalue weighted by Gasteiger charge is -2.34. The highest BCUT2D eigenvalue weighted by atomic mass is 32.1. The minimum atomic E-state index is 0.457. The maximum absolute atomic E-state index is 4.64. The molecule has 0 aromatic carbocycles. The summed E-state index contributed by atoms with van der Waals surface area (Å²) in [7, 11) is 1.84. The van der Waals surface area contributed by atoms with Gasteiger partial charge in [0, 0.05) is 38.4 Å². The lowest BCUT2D eigenvalue weighted by Crippen LogP contribution is -2.49. The van der Waals surface area contributed by atoms with E-state index < -0.39 is 0 Å². The van der Waals surface area contributed by atoms with Gasteiger partial charge in [-0.05, 0) is 60.2 Å². The summed E-state index contributed by atoms with van der Waals surface area (Å²) in [5.41, 5.74) is 2.46. The fourth-order valence-corrected chi connectivity index (χ4v) is 4.05. The molecule has 140 valence electrons. The predicted octanol–water partition coefficient (Wildman–Crippen LogP) is 3.39. The Morgan fingerprint density at radius 2 is 2.15 bits per heavy atom. The van der Waals surface area contributed by atoms with Crippen molar-refractivity contribution < 1.29 is 0 Å². The number of aromatic nitrogens is 1. The maximum Gasteiger partial charge on any atom is 0.191 e. The second kappa shape index (κ2) is 9.03. The lowest BCUT2D eigenvalue weighted by atomic mass is 10.0. The molecule has 1 aliphatic heterocycles. The van der Waals surface area contributed by atoms with E-state index >= 15 is 0 Å². The third-order valence-corrected chi connectivity index (χ3v) is 5.65. The minimum Gasteiger partial charge on any atom is -0.356 e. The van der Waals surface area contributed by atoms with Gasteiger partial charge in [-0.3, -0.25) is 4.99 Å². The Labute approximate surface area is 160 Å². The molecule has 1 fully saturated rings. The van der Waals surface area contributed by atoms with Crippen LogP contribution in [0.2, 0.25) is 0 Å². The van der Waals surface area contributed by atoms with Crippen LogP contribution in [0.1, 0.15) is 36.9 Å². The monoisotopic (exact) mass is 371 g/mol. The molecule has 2 N–H and O–H groups in total. The molecule has 0 aliphatic carbocycles. The molecule has 1 aliphatic rings. The Balaban J connectivity index is 1.45. The topological polar surface area (TPSA) is 52.6 Å². The average Bonchev–Trinajstić information content (AvgIpc) is 3.20. The van der Waals surface area contributed by atoms with Crippen LogP contribution in [0, 0.1) is 6.92 Å². The van der Waals surface area contributed by atoms with Gasteiger partial charge in [0.05, 0.1) is 0 Å². The van der Waals surface area contributed by atoms with E-state index in [9.17, 15) is 0 Å². The quantitative estimate of drug-likeness (QED) is 0.625. The highest BCUT2D eigenvalue weighted by Crippen LogP contribution is 2.19. The molecule has 0 bridgehead atoms. The maximum atomic E-state index is 4.64. The van der Waals surface area contributed by atoms with E-state index in [0.717, 1.165) is 49.9 Å². The fourth-order valence-electron chi connectivity index (χ4n) is 3.27. The summed E-state index contributed by atoms with van der Waals surface area (Å²) in [6.45, 7) is 7.23. The fraction of sp³-hybridized carbons (Fsp3) is 0.500. The highest BCUT2D eigenvalue weighted by Gasteiger charge is 2.21. The van der Waals surface area contributed by atoms with Crippen LogP contribution >= 0.6 is 11.3 Å². The number of hydrogen-bond acceptors (Lipinski definition) is 4. The van der Waals surface area contributed by atoms with Crippen molar-refractivity contribution in [3.63, 3.8) is 0 Å². The van der Waals surface area contributed by atoms with Crippen molar-refractivity contribution in [1.82, 2.24) is 15.6 Å². The van der Waals surface area contributed by atoms with Crippen molar-refractivity contribution in [2.24, 2.45) is 4.99 Å². The van der Waals surface area contributed by atoms with Crippen LogP contribution in [0.3, 0.4) is 0 Å². The molecule has 2 aromatic heterocycles. The summed E-state index contributed by atoms with van der Waals surface area (Å²) < 4.78 is 0. The first-order valence-electron chi connectivity index (χ1n) is 9.33. The van der Waals surface area contributed by atoms with Crippen LogP contribution in [0.5, 0.6) is 0 Å². The van der Waals surface area contributed by atoms with E-state index in [1.807, 2.05) is 20.0 Å². The number of rotatable bonds is 5. The van der Waals surface area contributed by atoms with Gasteiger partial charge >= 0.3 is 0 Å². The first-order chi connectivity index (χ1) is 12.7. The number of pyridine rings is 1. The van der Waals surface area contributed by atoms with E-state index in [0.29, 0.717) is 12.0 Å². The van der Waals surface area contributed by atoms with Crippen LogP contribution in [0.4, 0.5) is 5.82 Å². The van der Waals surface area contributed by atoms with Crippen molar-refractivity contribution >= 4 is 23.1 Å². The van der Waals surface area contributed by atoms with Gasteiger partial charge in [-0.25, -0.2) is 4.98 Å². The van der Waals surface area contributed by atoms with Gasteiger partial charge < -0.3 is 15.5 Å². The third-order valence-electron chi connectivity index (χ3n) is 4.94. The number of nitrogens with one attached hydrogen (secondary N) is 2. The molecule has 0 radical (unpaired) electrons. The summed E-state index contributed by atoms with van der Waals surface area (Å²) in [5, 5.41) is 11.4.